The molecule has 0 unspecified atom stereocenters. The lowest BCUT2D eigenvalue weighted by molar-refractivity contribution is 0.0978. The molecule has 3 rings (SSSR count). The second kappa shape index (κ2) is 9.04. The van der Waals surface area contributed by atoms with Crippen LogP contribution in [0.1, 0.15) is 32.5 Å². The number of Topliss-reactive ketones (excluding diaryl/α,β-unsaturated/α-hetero) is 1. The van der Waals surface area contributed by atoms with Crippen LogP contribution in [0.3, 0.4) is 0 Å². The van der Waals surface area contributed by atoms with Crippen LogP contribution in [0.25, 0.3) is 0 Å². The molecule has 3 aromatic rings. The van der Waals surface area contributed by atoms with Gasteiger partial charge in [-0.1, -0.05) is 11.6 Å². The zero-order valence-corrected chi connectivity index (χ0v) is 17.6. The number of hydrogen-bond acceptors (Lipinski definition) is 7. The fourth-order valence-electron chi connectivity index (χ4n) is 2.37. The van der Waals surface area contributed by atoms with Crippen LogP contribution in [0.5, 0.6) is 0 Å². The van der Waals surface area contributed by atoms with Crippen molar-refractivity contribution in [3.05, 3.63) is 68.9 Å². The Hall–Kier alpha value is -2.27. The fourth-order valence-corrected chi connectivity index (χ4v) is 4.29. The molecule has 0 amide bonds. The van der Waals surface area contributed by atoms with Crippen molar-refractivity contribution >= 4 is 38.7 Å². The summed E-state index contributed by atoms with van der Waals surface area (Å²) in [5, 5.41) is 0.779. The summed E-state index contributed by atoms with van der Waals surface area (Å²) in [4.78, 5) is 25.3. The first kappa shape index (κ1) is 21.4. The third-order valence-corrected chi connectivity index (χ3v) is 6.58. The number of halogens is 2. The Morgan fingerprint density at radius 2 is 2.00 bits per heavy atom. The maximum Gasteiger partial charge on any atom is 0.241 e. The van der Waals surface area contributed by atoms with Gasteiger partial charge in [-0.3, -0.25) is 9.78 Å². The van der Waals surface area contributed by atoms with Crippen LogP contribution < -0.4 is 4.72 Å². The SMILES string of the molecule is Cc1ncc(CCC(=O)c2cnc(CNS(=O)(=O)c3ccc(Cl)c(F)c3)cn2)s1. The highest BCUT2D eigenvalue weighted by Gasteiger charge is 2.16. The van der Waals surface area contributed by atoms with Gasteiger partial charge in [0.15, 0.2) is 5.78 Å². The molecule has 0 aliphatic carbocycles. The fraction of sp³-hybridized carbons (Fsp3) is 0.222. The van der Waals surface area contributed by atoms with Crippen molar-refractivity contribution < 1.29 is 17.6 Å². The largest absolute Gasteiger partial charge is 0.292 e. The van der Waals surface area contributed by atoms with Gasteiger partial charge in [-0.2, -0.15) is 0 Å². The van der Waals surface area contributed by atoms with E-state index < -0.39 is 15.8 Å². The Bertz CT molecular complexity index is 1130. The van der Waals surface area contributed by atoms with Gasteiger partial charge in [0, 0.05) is 17.5 Å². The molecule has 7 nitrogen and oxygen atoms in total. The summed E-state index contributed by atoms with van der Waals surface area (Å²) in [6, 6.07) is 3.20. The van der Waals surface area contributed by atoms with E-state index in [1.54, 1.807) is 17.5 Å². The molecule has 1 N–H and O–H groups in total. The lowest BCUT2D eigenvalue weighted by Crippen LogP contribution is -2.24. The zero-order chi connectivity index (χ0) is 21.0. The van der Waals surface area contributed by atoms with Crippen molar-refractivity contribution in [2.45, 2.75) is 31.2 Å². The minimum absolute atomic E-state index is 0.159. The first-order chi connectivity index (χ1) is 13.7. The predicted octanol–water partition coefficient (Wildman–Crippen LogP) is 3.33. The van der Waals surface area contributed by atoms with E-state index in [4.69, 9.17) is 11.6 Å². The third-order valence-electron chi connectivity index (χ3n) is 3.90. The lowest BCUT2D eigenvalue weighted by atomic mass is 10.1. The average molecular weight is 455 g/mol. The van der Waals surface area contributed by atoms with Gasteiger partial charge in [-0.05, 0) is 31.5 Å². The van der Waals surface area contributed by atoms with E-state index in [2.05, 4.69) is 19.7 Å². The van der Waals surface area contributed by atoms with E-state index in [1.165, 1.54) is 24.5 Å². The summed E-state index contributed by atoms with van der Waals surface area (Å²) < 4.78 is 40.3. The van der Waals surface area contributed by atoms with Crippen molar-refractivity contribution in [1.29, 1.82) is 0 Å². The number of nitrogens with one attached hydrogen (secondary N) is 1. The predicted molar refractivity (Wildman–Crippen MR) is 107 cm³/mol. The Morgan fingerprint density at radius 3 is 2.62 bits per heavy atom. The Kier molecular flexibility index (Phi) is 6.68. The monoisotopic (exact) mass is 454 g/mol. The number of thiazole rings is 1. The molecule has 2 heterocycles. The molecule has 0 atom stereocenters. The van der Waals surface area contributed by atoms with Crippen LogP contribution in [0.2, 0.25) is 5.02 Å². The molecular formula is C18H16ClFN4O3S2. The second-order valence-corrected chi connectivity index (χ2v) is 9.56. The number of benzene rings is 1. The van der Waals surface area contributed by atoms with E-state index in [0.29, 0.717) is 12.1 Å². The van der Waals surface area contributed by atoms with Crippen LogP contribution in [-0.2, 0) is 23.0 Å². The summed E-state index contributed by atoms with van der Waals surface area (Å²) in [5.41, 5.74) is 0.523. The number of rotatable bonds is 8. The third kappa shape index (κ3) is 5.63. The minimum Gasteiger partial charge on any atom is -0.292 e. The molecule has 29 heavy (non-hydrogen) atoms. The number of sulfonamides is 1. The van der Waals surface area contributed by atoms with Crippen molar-refractivity contribution in [1.82, 2.24) is 19.7 Å². The quantitative estimate of drug-likeness (QED) is 0.524. The van der Waals surface area contributed by atoms with Gasteiger partial charge >= 0.3 is 0 Å². The summed E-state index contributed by atoms with van der Waals surface area (Å²) in [5.74, 6) is -0.988. The van der Waals surface area contributed by atoms with E-state index in [9.17, 15) is 17.6 Å². The van der Waals surface area contributed by atoms with Crippen LogP contribution in [-0.4, -0.2) is 29.2 Å². The number of aryl methyl sites for hydroxylation is 2. The Morgan fingerprint density at radius 1 is 1.21 bits per heavy atom. The number of carbonyl (C=O) groups excluding carboxylic acids is 1. The van der Waals surface area contributed by atoms with Gasteiger partial charge in [-0.15, -0.1) is 11.3 Å². The molecular weight excluding hydrogens is 439 g/mol. The molecule has 0 saturated heterocycles. The van der Waals surface area contributed by atoms with Crippen molar-refractivity contribution in [3.63, 3.8) is 0 Å². The topological polar surface area (TPSA) is 102 Å². The van der Waals surface area contributed by atoms with Gasteiger partial charge < -0.3 is 0 Å². The van der Waals surface area contributed by atoms with Gasteiger partial charge in [0.1, 0.15) is 11.5 Å². The molecule has 11 heteroatoms. The number of nitrogens with zero attached hydrogens (tertiary/aromatic N) is 3. The first-order valence-electron chi connectivity index (χ1n) is 8.45. The summed E-state index contributed by atoms with van der Waals surface area (Å²) in [7, 11) is -3.95. The summed E-state index contributed by atoms with van der Waals surface area (Å²) in [6.07, 6.45) is 5.25. The molecule has 0 spiro atoms. The number of ketones is 1. The molecule has 0 aliphatic heterocycles. The standard InChI is InChI=1S/C18H16ClFN4O3S2/c1-11-21-9-13(28-11)2-5-18(25)17-10-22-12(7-23-17)8-24-29(26,27)14-3-4-15(19)16(20)6-14/h3-4,6-7,9-10,24H,2,5,8H2,1H3. The highest BCUT2D eigenvalue weighted by atomic mass is 35.5. The Balaban J connectivity index is 1.58. The molecule has 1 aromatic carbocycles. The molecule has 0 fully saturated rings. The summed E-state index contributed by atoms with van der Waals surface area (Å²) in [6.45, 7) is 1.74. The molecule has 152 valence electrons. The second-order valence-electron chi connectivity index (χ2n) is 6.06. The van der Waals surface area contributed by atoms with Gasteiger partial charge in [-0.25, -0.2) is 27.5 Å². The Labute approximate surface area is 176 Å². The van der Waals surface area contributed by atoms with Crippen molar-refractivity contribution in [3.8, 4) is 0 Å². The normalized spacial score (nSPS) is 11.6. The first-order valence-corrected chi connectivity index (χ1v) is 11.1. The number of carbonyl (C=O) groups is 1. The van der Waals surface area contributed by atoms with Gasteiger partial charge in [0.25, 0.3) is 0 Å². The van der Waals surface area contributed by atoms with E-state index in [1.807, 2.05) is 6.92 Å². The molecule has 0 saturated carbocycles. The van der Waals surface area contributed by atoms with Crippen molar-refractivity contribution in [2.75, 3.05) is 0 Å². The average Bonchev–Trinajstić information content (AvgIpc) is 3.12. The number of hydrogen-bond donors (Lipinski definition) is 1. The number of aromatic nitrogens is 3. The maximum absolute atomic E-state index is 13.5. The lowest BCUT2D eigenvalue weighted by Gasteiger charge is -2.07. The molecule has 0 bridgehead atoms. The molecule has 0 radical (unpaired) electrons. The van der Waals surface area contributed by atoms with Crippen LogP contribution in [0, 0.1) is 12.7 Å². The minimum atomic E-state index is -3.95. The van der Waals surface area contributed by atoms with Crippen molar-refractivity contribution in [2.24, 2.45) is 0 Å². The smallest absolute Gasteiger partial charge is 0.241 e. The van der Waals surface area contributed by atoms with Gasteiger partial charge in [0.05, 0.1) is 39.6 Å². The van der Waals surface area contributed by atoms with Crippen LogP contribution >= 0.6 is 22.9 Å². The van der Waals surface area contributed by atoms with Crippen LogP contribution in [0.4, 0.5) is 4.39 Å². The van der Waals surface area contributed by atoms with Crippen LogP contribution in [0.15, 0.2) is 41.7 Å². The maximum atomic E-state index is 13.5. The zero-order valence-electron chi connectivity index (χ0n) is 15.2. The van der Waals surface area contributed by atoms with Gasteiger partial charge in [0.2, 0.25) is 10.0 Å². The highest BCUT2D eigenvalue weighted by molar-refractivity contribution is 7.89. The highest BCUT2D eigenvalue weighted by Crippen LogP contribution is 2.19. The van der Waals surface area contributed by atoms with E-state index in [-0.39, 0.29) is 34.4 Å². The molecule has 2 aromatic heterocycles. The van der Waals surface area contributed by atoms with E-state index in [0.717, 1.165) is 16.0 Å². The summed E-state index contributed by atoms with van der Waals surface area (Å²) >= 11 is 7.10. The van der Waals surface area contributed by atoms with E-state index >= 15 is 0 Å². The molecule has 0 aliphatic rings.